The summed E-state index contributed by atoms with van der Waals surface area (Å²) in [5.74, 6) is 0. The zero-order valence-electron chi connectivity index (χ0n) is 14.4. The van der Waals surface area contributed by atoms with Gasteiger partial charge in [-0.2, -0.15) is 17.9 Å². The predicted octanol–water partition coefficient (Wildman–Crippen LogP) is 3.82. The molecule has 2 aromatic carbocycles. The maximum Gasteiger partial charge on any atom is 0.279 e. The summed E-state index contributed by atoms with van der Waals surface area (Å²) in [5.41, 5.74) is 2.40. The molecule has 1 aliphatic rings. The molecule has 4 nitrogen and oxygen atoms in total. The molecule has 0 fully saturated rings. The van der Waals surface area contributed by atoms with Crippen molar-refractivity contribution >= 4 is 15.7 Å². The molecule has 1 heterocycles. The van der Waals surface area contributed by atoms with E-state index >= 15 is 0 Å². The normalized spacial score (nSPS) is 20.1. The van der Waals surface area contributed by atoms with Gasteiger partial charge in [-0.15, -0.1) is 0 Å². The van der Waals surface area contributed by atoms with Crippen LogP contribution in [0, 0.1) is 12.3 Å². The van der Waals surface area contributed by atoms with Gasteiger partial charge in [-0.1, -0.05) is 61.9 Å². The van der Waals surface area contributed by atoms with Gasteiger partial charge in [0.25, 0.3) is 10.0 Å². The number of hydrogen-bond acceptors (Lipinski definition) is 3. The Morgan fingerprint density at radius 3 is 2.17 bits per heavy atom. The van der Waals surface area contributed by atoms with Crippen molar-refractivity contribution < 1.29 is 8.42 Å². The lowest BCUT2D eigenvalue weighted by atomic mass is 9.79. The largest absolute Gasteiger partial charge is 0.279 e. The molecule has 0 saturated heterocycles. The van der Waals surface area contributed by atoms with Crippen LogP contribution in [0.25, 0.3) is 0 Å². The van der Waals surface area contributed by atoms with E-state index in [9.17, 15) is 8.42 Å². The highest BCUT2D eigenvalue weighted by Crippen LogP contribution is 2.39. The Morgan fingerprint density at radius 2 is 1.58 bits per heavy atom. The number of aryl methyl sites for hydroxylation is 1. The van der Waals surface area contributed by atoms with Gasteiger partial charge in [0.2, 0.25) is 0 Å². The van der Waals surface area contributed by atoms with Gasteiger partial charge in [0.05, 0.1) is 16.6 Å². The lowest BCUT2D eigenvalue weighted by Crippen LogP contribution is -2.40. The number of rotatable bonds is 3. The standard InChI is InChI=1S/C19H22N2O2S/c1-14-10-12-17(13-11-14)24(22,23)21-15(2)19(3,4)18(20-21)16-8-6-5-7-9-16/h5-13,15H,1-4H3. The van der Waals surface area contributed by atoms with Crippen LogP contribution in [0.4, 0.5) is 0 Å². The van der Waals surface area contributed by atoms with Crippen molar-refractivity contribution in [2.24, 2.45) is 10.5 Å². The Labute approximate surface area is 143 Å². The van der Waals surface area contributed by atoms with E-state index in [1.807, 2.05) is 58.0 Å². The summed E-state index contributed by atoms with van der Waals surface area (Å²) in [4.78, 5) is 0.272. The van der Waals surface area contributed by atoms with Gasteiger partial charge in [-0.25, -0.2) is 0 Å². The molecule has 1 aliphatic heterocycles. The highest BCUT2D eigenvalue weighted by atomic mass is 32.2. The molecule has 0 amide bonds. The predicted molar refractivity (Wildman–Crippen MR) is 96.4 cm³/mol. The second kappa shape index (κ2) is 5.74. The van der Waals surface area contributed by atoms with E-state index < -0.39 is 10.0 Å². The minimum atomic E-state index is -3.67. The van der Waals surface area contributed by atoms with E-state index in [1.54, 1.807) is 24.3 Å². The second-order valence-corrected chi connectivity index (χ2v) is 8.60. The van der Waals surface area contributed by atoms with Crippen molar-refractivity contribution in [3.8, 4) is 0 Å². The van der Waals surface area contributed by atoms with E-state index in [-0.39, 0.29) is 16.4 Å². The summed E-state index contributed by atoms with van der Waals surface area (Å²) in [5, 5.41) is 4.52. The van der Waals surface area contributed by atoms with E-state index in [0.29, 0.717) is 0 Å². The number of nitrogens with zero attached hydrogens (tertiary/aromatic N) is 2. The molecule has 3 rings (SSSR count). The molecule has 0 spiro atoms. The molecule has 1 atom stereocenters. The van der Waals surface area contributed by atoms with E-state index in [1.165, 1.54) is 4.41 Å². The summed E-state index contributed by atoms with van der Waals surface area (Å²) in [6.07, 6.45) is 0. The zero-order chi connectivity index (χ0) is 17.5. The Bertz CT molecular complexity index is 869. The molecular weight excluding hydrogens is 320 g/mol. The molecule has 0 N–H and O–H groups in total. The van der Waals surface area contributed by atoms with Gasteiger partial charge in [0.1, 0.15) is 0 Å². The smallest absolute Gasteiger partial charge is 0.200 e. The molecule has 2 aromatic rings. The van der Waals surface area contributed by atoms with E-state index in [4.69, 9.17) is 0 Å². The van der Waals surface area contributed by atoms with Gasteiger partial charge < -0.3 is 0 Å². The third-order valence-electron chi connectivity index (χ3n) is 4.80. The summed E-state index contributed by atoms with van der Waals surface area (Å²) < 4.78 is 27.3. The molecule has 126 valence electrons. The first kappa shape index (κ1) is 16.7. The fraction of sp³-hybridized carbons (Fsp3) is 0.316. The number of sulfonamides is 1. The Hall–Kier alpha value is -2.14. The Kier molecular flexibility index (Phi) is 4.00. The lowest BCUT2D eigenvalue weighted by Gasteiger charge is -2.29. The van der Waals surface area contributed by atoms with E-state index in [2.05, 4.69) is 5.10 Å². The zero-order valence-corrected chi connectivity index (χ0v) is 15.2. The maximum absolute atomic E-state index is 13.0. The van der Waals surface area contributed by atoms with Crippen LogP contribution in [0.1, 0.15) is 31.9 Å². The van der Waals surface area contributed by atoms with Crippen molar-refractivity contribution in [1.29, 1.82) is 0 Å². The van der Waals surface area contributed by atoms with Gasteiger partial charge in [0, 0.05) is 5.41 Å². The van der Waals surface area contributed by atoms with Crippen LogP contribution in [-0.2, 0) is 10.0 Å². The maximum atomic E-state index is 13.0. The van der Waals surface area contributed by atoms with Crippen LogP contribution >= 0.6 is 0 Å². The topological polar surface area (TPSA) is 49.7 Å². The first-order valence-electron chi connectivity index (χ1n) is 8.00. The fourth-order valence-electron chi connectivity index (χ4n) is 2.89. The van der Waals surface area contributed by atoms with E-state index in [0.717, 1.165) is 16.8 Å². The van der Waals surface area contributed by atoms with Crippen molar-refractivity contribution in [2.45, 2.75) is 38.6 Å². The monoisotopic (exact) mass is 342 g/mol. The van der Waals surface area contributed by atoms with Crippen LogP contribution in [0.3, 0.4) is 0 Å². The molecule has 5 heteroatoms. The molecule has 24 heavy (non-hydrogen) atoms. The number of benzene rings is 2. The van der Waals surface area contributed by atoms with Gasteiger partial charge >= 0.3 is 0 Å². The summed E-state index contributed by atoms with van der Waals surface area (Å²) >= 11 is 0. The molecule has 1 unspecified atom stereocenters. The quantitative estimate of drug-likeness (QED) is 0.851. The van der Waals surface area contributed by atoms with Crippen LogP contribution in [0.2, 0.25) is 0 Å². The van der Waals surface area contributed by atoms with Crippen molar-refractivity contribution in [3.05, 3.63) is 65.7 Å². The molecule has 0 bridgehead atoms. The van der Waals surface area contributed by atoms with Crippen LogP contribution in [0.15, 0.2) is 64.6 Å². The van der Waals surface area contributed by atoms with Gasteiger partial charge in [-0.3, -0.25) is 0 Å². The second-order valence-electron chi connectivity index (χ2n) is 6.80. The molecule has 0 radical (unpaired) electrons. The Balaban J connectivity index is 2.08. The third kappa shape index (κ3) is 2.63. The minimum Gasteiger partial charge on any atom is -0.200 e. The molecule has 0 saturated carbocycles. The highest BCUT2D eigenvalue weighted by Gasteiger charge is 2.46. The first-order chi connectivity index (χ1) is 11.2. The average molecular weight is 342 g/mol. The third-order valence-corrected chi connectivity index (χ3v) is 6.56. The van der Waals surface area contributed by atoms with Crippen LogP contribution in [0.5, 0.6) is 0 Å². The lowest BCUT2D eigenvalue weighted by molar-refractivity contribution is 0.282. The molecular formula is C19H22N2O2S. The average Bonchev–Trinajstić information content (AvgIpc) is 2.80. The summed E-state index contributed by atoms with van der Waals surface area (Å²) in [7, 11) is -3.67. The fourth-order valence-corrected chi connectivity index (χ4v) is 4.46. The van der Waals surface area contributed by atoms with Crippen molar-refractivity contribution in [3.63, 3.8) is 0 Å². The Morgan fingerprint density at radius 1 is 1.00 bits per heavy atom. The molecule has 0 aliphatic carbocycles. The van der Waals surface area contributed by atoms with Gasteiger partial charge in [0.15, 0.2) is 0 Å². The highest BCUT2D eigenvalue weighted by molar-refractivity contribution is 7.89. The van der Waals surface area contributed by atoms with Gasteiger partial charge in [-0.05, 0) is 31.5 Å². The van der Waals surface area contributed by atoms with Crippen LogP contribution in [-0.4, -0.2) is 24.6 Å². The minimum absolute atomic E-state index is 0.265. The number of hydrazone groups is 1. The van der Waals surface area contributed by atoms with Crippen molar-refractivity contribution in [1.82, 2.24) is 4.41 Å². The SMILES string of the molecule is Cc1ccc(S(=O)(=O)N2N=C(c3ccccc3)C(C)(C)C2C)cc1. The first-order valence-corrected chi connectivity index (χ1v) is 9.44. The van der Waals surface area contributed by atoms with Crippen molar-refractivity contribution in [2.75, 3.05) is 0 Å². The van der Waals surface area contributed by atoms with Crippen LogP contribution < -0.4 is 0 Å². The molecule has 0 aromatic heterocycles. The summed E-state index contributed by atoms with van der Waals surface area (Å²) in [6.45, 7) is 7.91. The number of hydrogen-bond donors (Lipinski definition) is 0. The summed E-state index contributed by atoms with van der Waals surface area (Å²) in [6, 6.07) is 16.4.